The molecule has 1 aliphatic heterocycles. The van der Waals surface area contributed by atoms with Crippen LogP contribution in [0.15, 0.2) is 0 Å². The van der Waals surface area contributed by atoms with Gasteiger partial charge in [-0.05, 0) is 6.42 Å². The molecule has 1 aliphatic rings. The smallest absolute Gasteiger partial charge is 0.322 e. The van der Waals surface area contributed by atoms with E-state index in [1.807, 2.05) is 6.92 Å². The van der Waals surface area contributed by atoms with E-state index < -0.39 is 5.54 Å². The molecule has 0 bridgehead atoms. The molecule has 3 amide bonds. The lowest BCUT2D eigenvalue weighted by atomic mass is 9.99. The van der Waals surface area contributed by atoms with Gasteiger partial charge in [0, 0.05) is 12.8 Å². The van der Waals surface area contributed by atoms with Crippen LogP contribution in [0.2, 0.25) is 0 Å². The highest BCUT2D eigenvalue weighted by Gasteiger charge is 2.47. The summed E-state index contributed by atoms with van der Waals surface area (Å²) < 4.78 is 0. The van der Waals surface area contributed by atoms with Gasteiger partial charge >= 0.3 is 6.03 Å². The van der Waals surface area contributed by atoms with Crippen molar-refractivity contribution < 1.29 is 9.59 Å². The van der Waals surface area contributed by atoms with Crippen molar-refractivity contribution in [3.8, 4) is 0 Å². The van der Waals surface area contributed by atoms with E-state index in [0.717, 1.165) is 4.90 Å². The molecular weight excluding hydrogens is 176 g/mol. The number of likely N-dealkylation sites (N-methyl/N-ethyl adjacent to an activating group) is 1. The van der Waals surface area contributed by atoms with Crippen LogP contribution in [0.5, 0.6) is 0 Å². The van der Waals surface area contributed by atoms with E-state index >= 15 is 0 Å². The van der Waals surface area contributed by atoms with Gasteiger partial charge in [0.1, 0.15) is 5.54 Å². The number of nitrogens with zero attached hydrogens (tertiary/aromatic N) is 1. The molecule has 5 heteroatoms. The first-order valence-corrected chi connectivity index (χ1v) is 4.42. The predicted octanol–water partition coefficient (Wildman–Crippen LogP) is 0.247. The van der Waals surface area contributed by atoms with E-state index in [0.29, 0.717) is 12.2 Å². The maximum Gasteiger partial charge on any atom is 0.324 e. The molecule has 0 radical (unpaired) electrons. The molecule has 1 atom stereocenters. The fourth-order valence-electron chi connectivity index (χ4n) is 1.21. The Balaban J connectivity index is 2.95. The topological polar surface area (TPSA) is 49.4 Å². The van der Waals surface area contributed by atoms with Crippen molar-refractivity contribution in [3.05, 3.63) is 0 Å². The zero-order valence-corrected chi connectivity index (χ0v) is 8.02. The van der Waals surface area contributed by atoms with Gasteiger partial charge in [0.05, 0.1) is 0 Å². The van der Waals surface area contributed by atoms with Gasteiger partial charge in [-0.3, -0.25) is 9.69 Å². The van der Waals surface area contributed by atoms with E-state index in [1.165, 1.54) is 7.05 Å². The largest absolute Gasteiger partial charge is 0.324 e. The highest BCUT2D eigenvalue weighted by Crippen LogP contribution is 2.21. The number of nitrogens with one attached hydrogen (secondary N) is 1. The van der Waals surface area contributed by atoms with Crippen molar-refractivity contribution in [1.29, 1.82) is 0 Å². The molecule has 1 saturated heterocycles. The molecule has 12 heavy (non-hydrogen) atoms. The number of hydrogen-bond acceptors (Lipinski definition) is 3. The third kappa shape index (κ3) is 1.08. The van der Waals surface area contributed by atoms with E-state index in [1.54, 1.807) is 0 Å². The Morgan fingerprint density at radius 2 is 2.17 bits per heavy atom. The van der Waals surface area contributed by atoms with Gasteiger partial charge in [0.15, 0.2) is 0 Å². The Morgan fingerprint density at radius 1 is 1.58 bits per heavy atom. The molecule has 0 aromatic rings. The second-order valence-electron chi connectivity index (χ2n) is 2.89. The number of rotatable bonds is 2. The zero-order valence-electron chi connectivity index (χ0n) is 7.13. The minimum absolute atomic E-state index is 0.190. The highest BCUT2D eigenvalue weighted by atomic mass is 32.1. The first kappa shape index (κ1) is 9.38. The van der Waals surface area contributed by atoms with Gasteiger partial charge in [0.2, 0.25) is 0 Å². The molecule has 1 N–H and O–H groups in total. The van der Waals surface area contributed by atoms with Gasteiger partial charge in [0.25, 0.3) is 5.91 Å². The maximum absolute atomic E-state index is 11.5. The van der Waals surface area contributed by atoms with Crippen molar-refractivity contribution in [2.75, 3.05) is 12.8 Å². The maximum atomic E-state index is 11.5. The molecule has 1 fully saturated rings. The van der Waals surface area contributed by atoms with Gasteiger partial charge < -0.3 is 5.32 Å². The lowest BCUT2D eigenvalue weighted by molar-refractivity contribution is -0.129. The number of urea groups is 1. The summed E-state index contributed by atoms with van der Waals surface area (Å²) in [6.07, 6.45) is 0.575. The summed E-state index contributed by atoms with van der Waals surface area (Å²) in [5, 5.41) is 2.63. The van der Waals surface area contributed by atoms with Gasteiger partial charge in [-0.1, -0.05) is 6.92 Å². The third-order valence-corrected chi connectivity index (χ3v) is 2.78. The summed E-state index contributed by atoms with van der Waals surface area (Å²) in [6, 6.07) is -0.337. The average Bonchev–Trinajstić information content (AvgIpc) is 2.30. The first-order valence-electron chi connectivity index (χ1n) is 3.78. The van der Waals surface area contributed by atoms with Gasteiger partial charge in [-0.2, -0.15) is 12.6 Å². The van der Waals surface area contributed by atoms with E-state index in [9.17, 15) is 9.59 Å². The number of carbonyl (C=O) groups excluding carboxylic acids is 2. The molecule has 1 heterocycles. The molecule has 1 rings (SSSR count). The second-order valence-corrected chi connectivity index (χ2v) is 3.20. The third-order valence-electron chi connectivity index (χ3n) is 2.24. The van der Waals surface area contributed by atoms with Crippen molar-refractivity contribution in [2.24, 2.45) is 0 Å². The van der Waals surface area contributed by atoms with Crippen LogP contribution < -0.4 is 5.32 Å². The Morgan fingerprint density at radius 3 is 2.33 bits per heavy atom. The van der Waals surface area contributed by atoms with Gasteiger partial charge in [-0.25, -0.2) is 4.79 Å². The fourth-order valence-corrected chi connectivity index (χ4v) is 1.65. The summed E-state index contributed by atoms with van der Waals surface area (Å²) in [4.78, 5) is 23.7. The van der Waals surface area contributed by atoms with E-state index in [-0.39, 0.29) is 11.9 Å². The van der Waals surface area contributed by atoms with Crippen LogP contribution in [-0.4, -0.2) is 35.2 Å². The van der Waals surface area contributed by atoms with Crippen LogP contribution in [-0.2, 0) is 4.79 Å². The van der Waals surface area contributed by atoms with E-state index in [4.69, 9.17) is 0 Å². The number of thiol groups is 1. The average molecular weight is 188 g/mol. The molecule has 1 unspecified atom stereocenters. The highest BCUT2D eigenvalue weighted by molar-refractivity contribution is 7.80. The molecule has 0 aromatic carbocycles. The normalized spacial score (nSPS) is 29.4. The minimum Gasteiger partial charge on any atom is -0.322 e. The molecule has 0 spiro atoms. The summed E-state index contributed by atoms with van der Waals surface area (Å²) in [7, 11) is 1.47. The van der Waals surface area contributed by atoms with Crippen molar-refractivity contribution >= 4 is 24.6 Å². The molecule has 4 nitrogen and oxygen atoms in total. The van der Waals surface area contributed by atoms with Crippen molar-refractivity contribution in [3.63, 3.8) is 0 Å². The summed E-state index contributed by atoms with van der Waals surface area (Å²) >= 11 is 4.06. The lowest BCUT2D eigenvalue weighted by Crippen LogP contribution is -2.48. The predicted molar refractivity (Wildman–Crippen MR) is 48.2 cm³/mol. The SMILES string of the molecule is CCC1(CS)NC(=O)N(C)C1=O. The Bertz CT molecular complexity index is 225. The van der Waals surface area contributed by atoms with Crippen LogP contribution in [0.1, 0.15) is 13.3 Å². The van der Waals surface area contributed by atoms with Gasteiger partial charge in [-0.15, -0.1) is 0 Å². The first-order chi connectivity index (χ1) is 5.57. The number of carbonyl (C=O) groups is 2. The molecular formula is C7H12N2O2S. The second kappa shape index (κ2) is 2.97. The molecule has 0 saturated carbocycles. The summed E-state index contributed by atoms with van der Waals surface area (Å²) in [5.74, 6) is 0.156. The number of imide groups is 1. The quantitative estimate of drug-likeness (QED) is 0.482. The molecule has 68 valence electrons. The minimum atomic E-state index is -0.769. The monoisotopic (exact) mass is 188 g/mol. The Labute approximate surface area is 76.7 Å². The summed E-state index contributed by atoms with van der Waals surface area (Å²) in [5.41, 5.74) is -0.769. The fraction of sp³-hybridized carbons (Fsp3) is 0.714. The van der Waals surface area contributed by atoms with Crippen LogP contribution in [0.3, 0.4) is 0 Å². The van der Waals surface area contributed by atoms with Crippen molar-refractivity contribution in [1.82, 2.24) is 10.2 Å². The molecule has 0 aromatic heterocycles. The zero-order chi connectivity index (χ0) is 9.35. The van der Waals surface area contributed by atoms with Crippen LogP contribution >= 0.6 is 12.6 Å². The van der Waals surface area contributed by atoms with Crippen LogP contribution in [0.4, 0.5) is 4.79 Å². The molecule has 0 aliphatic carbocycles. The summed E-state index contributed by atoms with van der Waals surface area (Å²) in [6.45, 7) is 1.85. The Kier molecular flexibility index (Phi) is 2.32. The van der Waals surface area contributed by atoms with Crippen LogP contribution in [0.25, 0.3) is 0 Å². The number of hydrogen-bond donors (Lipinski definition) is 2. The number of amides is 3. The van der Waals surface area contributed by atoms with E-state index in [2.05, 4.69) is 17.9 Å². The van der Waals surface area contributed by atoms with Crippen LogP contribution in [0, 0.1) is 0 Å². The Hall–Kier alpha value is -0.710. The lowest BCUT2D eigenvalue weighted by Gasteiger charge is -2.21. The standard InChI is InChI=1S/C7H12N2O2S/c1-3-7(4-12)5(10)9(2)6(11)8-7/h12H,3-4H2,1-2H3,(H,8,11). The van der Waals surface area contributed by atoms with Crippen molar-refractivity contribution in [2.45, 2.75) is 18.9 Å².